The molecule has 1 aromatic heterocycles. The molecule has 3 heteroatoms. The Bertz CT molecular complexity index is 486. The fourth-order valence-electron chi connectivity index (χ4n) is 1.81. The summed E-state index contributed by atoms with van der Waals surface area (Å²) in [6.45, 7) is 3.97. The van der Waals surface area contributed by atoms with E-state index in [2.05, 4.69) is 0 Å². The Hall–Kier alpha value is -1.22. The maximum absolute atomic E-state index is 9.18. The number of aryl methyl sites for hydroxylation is 2. The molecule has 0 bridgehead atoms. The van der Waals surface area contributed by atoms with E-state index in [-0.39, 0.29) is 0 Å². The lowest BCUT2D eigenvalue weighted by Crippen LogP contribution is -2.09. The summed E-state index contributed by atoms with van der Waals surface area (Å²) in [5, 5.41) is 10.3. The van der Waals surface area contributed by atoms with Crippen molar-refractivity contribution in [1.29, 1.82) is 0 Å². The Morgan fingerprint density at radius 1 is 1.40 bits per heavy atom. The van der Waals surface area contributed by atoms with Crippen molar-refractivity contribution in [2.24, 2.45) is 0 Å². The Morgan fingerprint density at radius 2 is 2.13 bits per heavy atom. The quantitative estimate of drug-likeness (QED) is 0.752. The summed E-state index contributed by atoms with van der Waals surface area (Å²) in [7, 11) is 5.37. The summed E-state index contributed by atoms with van der Waals surface area (Å²) in [5.41, 5.74) is 2.95. The predicted octanol–water partition coefficient (Wildman–Crippen LogP) is 2.08. The van der Waals surface area contributed by atoms with Crippen molar-refractivity contribution >= 4 is 18.8 Å². The molecule has 0 aliphatic carbocycles. The minimum absolute atomic E-state index is 0.420. The number of fused-ring (bicyclic) bond motifs is 1. The molecule has 0 fully saturated rings. The van der Waals surface area contributed by atoms with Crippen LogP contribution < -0.4 is 0 Å². The summed E-state index contributed by atoms with van der Waals surface area (Å²) in [5.74, 6) is 0.920. The van der Waals surface area contributed by atoms with Crippen molar-refractivity contribution in [2.75, 3.05) is 0 Å². The number of hydrogen-bond acceptors (Lipinski definition) is 2. The van der Waals surface area contributed by atoms with Crippen LogP contribution >= 0.6 is 0 Å². The van der Waals surface area contributed by atoms with E-state index in [0.717, 1.165) is 27.9 Å². The number of aliphatic hydroxyl groups is 1. The number of aliphatic hydroxyl groups excluding tert-OH is 1. The number of benzene rings is 1. The third-order valence-corrected chi connectivity index (χ3v) is 2.71. The van der Waals surface area contributed by atoms with Crippen LogP contribution in [0.2, 0.25) is 0 Å². The van der Waals surface area contributed by atoms with Gasteiger partial charge in [0.15, 0.2) is 0 Å². The average Bonchev–Trinajstić information content (AvgIpc) is 2.45. The molecule has 1 aromatic carbocycles. The third-order valence-electron chi connectivity index (χ3n) is 2.71. The van der Waals surface area contributed by atoms with Gasteiger partial charge in [0.25, 0.3) is 0 Å². The molecule has 1 atom stereocenters. The fraction of sp³-hybridized carbons (Fsp3) is 0.333. The average molecular weight is 200 g/mol. The van der Waals surface area contributed by atoms with Gasteiger partial charge in [0.05, 0.1) is 0 Å². The summed E-state index contributed by atoms with van der Waals surface area (Å²) >= 11 is 0. The summed E-state index contributed by atoms with van der Waals surface area (Å²) < 4.78 is 5.66. The van der Waals surface area contributed by atoms with Gasteiger partial charge < -0.3 is 9.52 Å². The van der Waals surface area contributed by atoms with Crippen LogP contribution in [0, 0.1) is 13.8 Å². The van der Waals surface area contributed by atoms with Crippen LogP contribution in [0.5, 0.6) is 0 Å². The molecule has 2 nitrogen and oxygen atoms in total. The van der Waals surface area contributed by atoms with Crippen molar-refractivity contribution in [1.82, 2.24) is 0 Å². The molecule has 0 spiro atoms. The van der Waals surface area contributed by atoms with Gasteiger partial charge in [-0.2, -0.15) is 0 Å². The standard InChI is InChI=1S/C12H13BO2/c1-7-8(2)15-12-9(6-11(13)14)4-3-5-10(7)12/h3-5,11,14H,6H2,1-2H3. The van der Waals surface area contributed by atoms with Gasteiger partial charge in [0, 0.05) is 11.4 Å². The second-order valence-corrected chi connectivity index (χ2v) is 3.85. The molecule has 1 N–H and O–H groups in total. The van der Waals surface area contributed by atoms with Gasteiger partial charge in [0.1, 0.15) is 19.2 Å². The van der Waals surface area contributed by atoms with Crippen LogP contribution in [-0.4, -0.2) is 19.0 Å². The monoisotopic (exact) mass is 200 g/mol. The summed E-state index contributed by atoms with van der Waals surface area (Å²) in [6.07, 6.45) is 0.420. The van der Waals surface area contributed by atoms with Crippen molar-refractivity contribution < 1.29 is 9.52 Å². The number of hydrogen-bond donors (Lipinski definition) is 1. The lowest BCUT2D eigenvalue weighted by Gasteiger charge is -2.04. The first-order valence-corrected chi connectivity index (χ1v) is 5.01. The molecule has 0 aliphatic rings. The van der Waals surface area contributed by atoms with E-state index in [9.17, 15) is 5.11 Å². The third kappa shape index (κ3) is 1.79. The Labute approximate surface area is 90.3 Å². The molecule has 0 saturated carbocycles. The van der Waals surface area contributed by atoms with E-state index < -0.39 is 6.00 Å². The molecule has 1 heterocycles. The molecular formula is C12H13BO2. The second-order valence-electron chi connectivity index (χ2n) is 3.85. The topological polar surface area (TPSA) is 33.4 Å². The Kier molecular flexibility index (Phi) is 2.57. The first-order chi connectivity index (χ1) is 7.09. The maximum atomic E-state index is 9.18. The minimum atomic E-state index is -0.832. The van der Waals surface area contributed by atoms with E-state index >= 15 is 0 Å². The molecule has 2 rings (SSSR count). The highest BCUT2D eigenvalue weighted by Crippen LogP contribution is 2.27. The highest BCUT2D eigenvalue weighted by atomic mass is 16.3. The van der Waals surface area contributed by atoms with Crippen LogP contribution in [-0.2, 0) is 6.42 Å². The SMILES string of the molecule is [B]C(O)Cc1cccc2c(C)c(C)oc12. The van der Waals surface area contributed by atoms with Crippen molar-refractivity contribution in [2.45, 2.75) is 26.3 Å². The second kappa shape index (κ2) is 3.74. The molecule has 0 saturated heterocycles. The Morgan fingerprint density at radius 3 is 2.80 bits per heavy atom. The van der Waals surface area contributed by atoms with Crippen molar-refractivity contribution in [3.8, 4) is 0 Å². The first kappa shape index (κ1) is 10.3. The van der Waals surface area contributed by atoms with Crippen LogP contribution in [0.15, 0.2) is 22.6 Å². The number of para-hydroxylation sites is 1. The van der Waals surface area contributed by atoms with Gasteiger partial charge in [-0.25, -0.2) is 0 Å². The summed E-state index contributed by atoms with van der Waals surface area (Å²) in [6, 6.07) is 5.08. The molecule has 2 radical (unpaired) electrons. The van der Waals surface area contributed by atoms with Gasteiger partial charge in [-0.05, 0) is 31.4 Å². The van der Waals surface area contributed by atoms with Crippen LogP contribution in [0.4, 0.5) is 0 Å². The van der Waals surface area contributed by atoms with Gasteiger partial charge >= 0.3 is 0 Å². The zero-order chi connectivity index (χ0) is 11.0. The molecule has 1 unspecified atom stereocenters. The van der Waals surface area contributed by atoms with Gasteiger partial charge in [-0.15, -0.1) is 0 Å². The lowest BCUT2D eigenvalue weighted by atomic mass is 9.92. The highest BCUT2D eigenvalue weighted by molar-refractivity contribution is 6.11. The van der Waals surface area contributed by atoms with E-state index in [4.69, 9.17) is 12.3 Å². The van der Waals surface area contributed by atoms with E-state index in [1.165, 1.54) is 0 Å². The van der Waals surface area contributed by atoms with E-state index in [1.807, 2.05) is 32.0 Å². The fourth-order valence-corrected chi connectivity index (χ4v) is 1.81. The van der Waals surface area contributed by atoms with Gasteiger partial charge in [-0.3, -0.25) is 0 Å². The van der Waals surface area contributed by atoms with Crippen LogP contribution in [0.3, 0.4) is 0 Å². The largest absolute Gasteiger partial charge is 0.461 e. The lowest BCUT2D eigenvalue weighted by molar-refractivity contribution is 0.256. The Balaban J connectivity index is 2.61. The molecule has 15 heavy (non-hydrogen) atoms. The van der Waals surface area contributed by atoms with Crippen LogP contribution in [0.25, 0.3) is 11.0 Å². The van der Waals surface area contributed by atoms with Crippen molar-refractivity contribution in [3.63, 3.8) is 0 Å². The molecule has 2 aromatic rings. The first-order valence-electron chi connectivity index (χ1n) is 5.01. The van der Waals surface area contributed by atoms with E-state index in [1.54, 1.807) is 0 Å². The molecular weight excluding hydrogens is 187 g/mol. The minimum Gasteiger partial charge on any atom is -0.461 e. The number of rotatable bonds is 2. The molecule has 76 valence electrons. The van der Waals surface area contributed by atoms with E-state index in [0.29, 0.717) is 6.42 Å². The van der Waals surface area contributed by atoms with Gasteiger partial charge in [0.2, 0.25) is 0 Å². The molecule has 0 aliphatic heterocycles. The normalized spacial score (nSPS) is 13.3. The number of furan rings is 1. The predicted molar refractivity (Wildman–Crippen MR) is 61.2 cm³/mol. The molecule has 0 amide bonds. The highest BCUT2D eigenvalue weighted by Gasteiger charge is 2.11. The maximum Gasteiger partial charge on any atom is 0.137 e. The smallest absolute Gasteiger partial charge is 0.137 e. The van der Waals surface area contributed by atoms with Crippen molar-refractivity contribution in [3.05, 3.63) is 35.1 Å². The van der Waals surface area contributed by atoms with Gasteiger partial charge in [-0.1, -0.05) is 18.2 Å². The summed E-state index contributed by atoms with van der Waals surface area (Å²) in [4.78, 5) is 0. The zero-order valence-corrected chi connectivity index (χ0v) is 8.95. The van der Waals surface area contributed by atoms with Crippen LogP contribution in [0.1, 0.15) is 16.9 Å². The zero-order valence-electron chi connectivity index (χ0n) is 8.95.